The van der Waals surface area contributed by atoms with Gasteiger partial charge in [0.25, 0.3) is 0 Å². The molecular weight excluding hydrogens is 332 g/mol. The van der Waals surface area contributed by atoms with Crippen LogP contribution < -0.4 is 4.74 Å². The van der Waals surface area contributed by atoms with Gasteiger partial charge in [-0.2, -0.15) is 5.26 Å². The molecule has 2 aromatic carbocycles. The molecule has 0 atom stereocenters. The summed E-state index contributed by atoms with van der Waals surface area (Å²) in [5, 5.41) is 29.2. The van der Waals surface area contributed by atoms with E-state index in [0.717, 1.165) is 16.5 Å². The second kappa shape index (κ2) is 6.45. The molecule has 6 heteroatoms. The lowest BCUT2D eigenvalue weighted by molar-refractivity contribution is 0.0693. The zero-order valence-electron chi connectivity index (χ0n) is 14.6. The number of carbonyl (C=O) groups is 1. The van der Waals surface area contributed by atoms with Crippen molar-refractivity contribution in [3.8, 4) is 23.3 Å². The Labute approximate surface area is 150 Å². The molecular formula is C20H18N2O4. The Morgan fingerprint density at radius 3 is 2.58 bits per heavy atom. The molecule has 3 rings (SSSR count). The van der Waals surface area contributed by atoms with Gasteiger partial charge in [-0.25, -0.2) is 4.79 Å². The Morgan fingerprint density at radius 2 is 2.00 bits per heavy atom. The molecule has 132 valence electrons. The summed E-state index contributed by atoms with van der Waals surface area (Å²) >= 11 is 0. The van der Waals surface area contributed by atoms with Gasteiger partial charge in [0.05, 0.1) is 17.2 Å². The maximum Gasteiger partial charge on any atom is 0.339 e. The van der Waals surface area contributed by atoms with E-state index in [2.05, 4.69) is 6.07 Å². The van der Waals surface area contributed by atoms with E-state index in [0.29, 0.717) is 17.0 Å². The standard InChI is InChI=1S/C20H18N2O4/c1-11(2)26-19-8-16-13(9-21)10-22(17(16)6-12(19)3)14-4-5-15(20(24)25)18(23)7-14/h4-8,10-11,23H,1-3H3,(H,24,25). The van der Waals surface area contributed by atoms with E-state index in [1.165, 1.54) is 12.1 Å². The number of aryl methyl sites for hydroxylation is 1. The van der Waals surface area contributed by atoms with Gasteiger partial charge in [0.2, 0.25) is 0 Å². The predicted molar refractivity (Wildman–Crippen MR) is 97.1 cm³/mol. The van der Waals surface area contributed by atoms with Crippen LogP contribution in [0.15, 0.2) is 36.5 Å². The second-order valence-corrected chi connectivity index (χ2v) is 6.33. The number of phenols is 1. The Bertz CT molecular complexity index is 1060. The number of rotatable bonds is 4. The van der Waals surface area contributed by atoms with Crippen molar-refractivity contribution in [3.05, 3.63) is 53.2 Å². The number of nitriles is 1. The summed E-state index contributed by atoms with van der Waals surface area (Å²) in [6.45, 7) is 5.80. The van der Waals surface area contributed by atoms with Crippen LogP contribution in [-0.2, 0) is 0 Å². The molecule has 26 heavy (non-hydrogen) atoms. The van der Waals surface area contributed by atoms with Crippen LogP contribution in [0.3, 0.4) is 0 Å². The fourth-order valence-corrected chi connectivity index (χ4v) is 2.89. The maximum absolute atomic E-state index is 11.1. The molecule has 0 radical (unpaired) electrons. The van der Waals surface area contributed by atoms with E-state index < -0.39 is 5.97 Å². The Kier molecular flexibility index (Phi) is 4.31. The lowest BCUT2D eigenvalue weighted by Crippen LogP contribution is -2.06. The molecule has 3 aromatic rings. The van der Waals surface area contributed by atoms with Crippen molar-refractivity contribution in [1.82, 2.24) is 4.57 Å². The summed E-state index contributed by atoms with van der Waals surface area (Å²) in [6.07, 6.45) is 1.68. The number of aromatic hydroxyl groups is 1. The first kappa shape index (κ1) is 17.4. The number of benzene rings is 2. The average molecular weight is 350 g/mol. The number of hydrogen-bond acceptors (Lipinski definition) is 4. The monoisotopic (exact) mass is 350 g/mol. The molecule has 1 heterocycles. The van der Waals surface area contributed by atoms with E-state index in [1.54, 1.807) is 16.8 Å². The number of ether oxygens (including phenoxy) is 1. The minimum Gasteiger partial charge on any atom is -0.507 e. The van der Waals surface area contributed by atoms with Crippen molar-refractivity contribution in [2.45, 2.75) is 26.9 Å². The number of nitrogens with zero attached hydrogens (tertiary/aromatic N) is 2. The molecule has 0 saturated carbocycles. The SMILES string of the molecule is Cc1cc2c(cc1OC(C)C)c(C#N)cn2-c1ccc(C(=O)O)c(O)c1. The second-order valence-electron chi connectivity index (χ2n) is 6.33. The number of fused-ring (bicyclic) bond motifs is 1. The first-order valence-electron chi connectivity index (χ1n) is 8.11. The molecule has 0 spiro atoms. The highest BCUT2D eigenvalue weighted by Gasteiger charge is 2.16. The van der Waals surface area contributed by atoms with Crippen LogP contribution in [0.1, 0.15) is 35.3 Å². The van der Waals surface area contributed by atoms with E-state index in [4.69, 9.17) is 9.84 Å². The molecule has 0 fully saturated rings. The number of carboxylic acids is 1. The average Bonchev–Trinajstić information content (AvgIpc) is 2.92. The van der Waals surface area contributed by atoms with Crippen LogP contribution in [0.5, 0.6) is 11.5 Å². The molecule has 1 aromatic heterocycles. The van der Waals surface area contributed by atoms with Crippen molar-refractivity contribution in [2.24, 2.45) is 0 Å². The Hall–Kier alpha value is -3.46. The van der Waals surface area contributed by atoms with Gasteiger partial charge in [0, 0.05) is 23.3 Å². The highest BCUT2D eigenvalue weighted by atomic mass is 16.5. The molecule has 0 aliphatic carbocycles. The predicted octanol–water partition coefficient (Wildman–Crippen LogP) is 4.00. The van der Waals surface area contributed by atoms with Gasteiger partial charge >= 0.3 is 5.97 Å². The van der Waals surface area contributed by atoms with Crippen LogP contribution in [0, 0.1) is 18.3 Å². The highest BCUT2D eigenvalue weighted by Crippen LogP contribution is 2.32. The van der Waals surface area contributed by atoms with Crippen LogP contribution in [-0.4, -0.2) is 26.9 Å². The lowest BCUT2D eigenvalue weighted by Gasteiger charge is -2.13. The quantitative estimate of drug-likeness (QED) is 0.741. The number of hydrogen-bond donors (Lipinski definition) is 2. The largest absolute Gasteiger partial charge is 0.507 e. The highest BCUT2D eigenvalue weighted by molar-refractivity contribution is 5.92. The smallest absolute Gasteiger partial charge is 0.339 e. The van der Waals surface area contributed by atoms with Gasteiger partial charge in [-0.15, -0.1) is 0 Å². The van der Waals surface area contributed by atoms with Gasteiger partial charge in [0.1, 0.15) is 23.1 Å². The molecule has 2 N–H and O–H groups in total. The van der Waals surface area contributed by atoms with E-state index in [-0.39, 0.29) is 17.4 Å². The fourth-order valence-electron chi connectivity index (χ4n) is 2.89. The lowest BCUT2D eigenvalue weighted by atomic mass is 10.1. The number of aromatic nitrogens is 1. The Morgan fingerprint density at radius 1 is 1.27 bits per heavy atom. The third-order valence-electron chi connectivity index (χ3n) is 4.07. The van der Waals surface area contributed by atoms with Crippen LogP contribution in [0.25, 0.3) is 16.6 Å². The number of carboxylic acid groups (broad SMARTS) is 1. The molecule has 0 saturated heterocycles. The van der Waals surface area contributed by atoms with E-state index in [9.17, 15) is 15.2 Å². The number of aromatic carboxylic acids is 1. The molecule has 0 amide bonds. The van der Waals surface area contributed by atoms with Crippen LogP contribution >= 0.6 is 0 Å². The van der Waals surface area contributed by atoms with Gasteiger partial charge < -0.3 is 19.5 Å². The fraction of sp³-hybridized carbons (Fsp3) is 0.200. The summed E-state index contributed by atoms with van der Waals surface area (Å²) < 4.78 is 7.56. The molecule has 0 aliphatic heterocycles. The molecule has 0 bridgehead atoms. The summed E-state index contributed by atoms with van der Waals surface area (Å²) in [7, 11) is 0. The van der Waals surface area contributed by atoms with Gasteiger partial charge in [0.15, 0.2) is 0 Å². The normalized spacial score (nSPS) is 10.9. The summed E-state index contributed by atoms with van der Waals surface area (Å²) in [5.74, 6) is -0.812. The van der Waals surface area contributed by atoms with Gasteiger partial charge in [-0.1, -0.05) is 0 Å². The topological polar surface area (TPSA) is 95.5 Å². The minimum absolute atomic E-state index is 0.0132. The van der Waals surface area contributed by atoms with Crippen LogP contribution in [0.4, 0.5) is 0 Å². The summed E-state index contributed by atoms with van der Waals surface area (Å²) in [6, 6.07) is 10.2. The van der Waals surface area contributed by atoms with E-state index in [1.807, 2.05) is 32.9 Å². The van der Waals surface area contributed by atoms with Crippen molar-refractivity contribution in [3.63, 3.8) is 0 Å². The maximum atomic E-state index is 11.1. The summed E-state index contributed by atoms with van der Waals surface area (Å²) in [4.78, 5) is 11.1. The summed E-state index contributed by atoms with van der Waals surface area (Å²) in [5.41, 5.74) is 2.56. The third kappa shape index (κ3) is 2.95. The zero-order chi connectivity index (χ0) is 19.0. The molecule has 6 nitrogen and oxygen atoms in total. The van der Waals surface area contributed by atoms with Gasteiger partial charge in [-0.05, 0) is 50.6 Å². The molecule has 0 aliphatic rings. The third-order valence-corrected chi connectivity index (χ3v) is 4.07. The molecule has 0 unspecified atom stereocenters. The van der Waals surface area contributed by atoms with Crippen LogP contribution in [0.2, 0.25) is 0 Å². The Balaban J connectivity index is 2.22. The van der Waals surface area contributed by atoms with E-state index >= 15 is 0 Å². The van der Waals surface area contributed by atoms with Crippen molar-refractivity contribution in [2.75, 3.05) is 0 Å². The zero-order valence-corrected chi connectivity index (χ0v) is 14.6. The minimum atomic E-state index is -1.20. The van der Waals surface area contributed by atoms with Gasteiger partial charge in [-0.3, -0.25) is 0 Å². The first-order valence-corrected chi connectivity index (χ1v) is 8.11. The van der Waals surface area contributed by atoms with Crippen molar-refractivity contribution >= 4 is 16.9 Å². The van der Waals surface area contributed by atoms with Crippen molar-refractivity contribution < 1.29 is 19.7 Å². The van der Waals surface area contributed by atoms with Crippen molar-refractivity contribution in [1.29, 1.82) is 5.26 Å². The first-order chi connectivity index (χ1) is 12.3.